The predicted octanol–water partition coefficient (Wildman–Crippen LogP) is 0.790. The Balaban J connectivity index is 2.49. The van der Waals surface area contributed by atoms with Gasteiger partial charge in [0.1, 0.15) is 0 Å². The van der Waals surface area contributed by atoms with Crippen molar-refractivity contribution in [2.45, 2.75) is 30.9 Å². The molecule has 3 nitrogen and oxygen atoms in total. The summed E-state index contributed by atoms with van der Waals surface area (Å²) in [5.41, 5.74) is 0.0464. The van der Waals surface area contributed by atoms with Crippen molar-refractivity contribution >= 4 is 0 Å². The summed E-state index contributed by atoms with van der Waals surface area (Å²) < 4.78 is 10.7. The van der Waals surface area contributed by atoms with Gasteiger partial charge in [-0.2, -0.15) is 0 Å². The second-order valence-electron chi connectivity index (χ2n) is 3.42. The molecule has 1 rings (SSSR count). The molecule has 0 heterocycles. The minimum Gasteiger partial charge on any atom is -0.383 e. The quantitative estimate of drug-likeness (QED) is 0.666. The van der Waals surface area contributed by atoms with E-state index in [2.05, 4.69) is 5.32 Å². The molecular weight excluding hydrogens is 154 g/mol. The number of methoxy groups -OCH3 is 2. The third-order valence-corrected chi connectivity index (χ3v) is 2.92. The van der Waals surface area contributed by atoms with Crippen molar-refractivity contribution in [2.24, 2.45) is 0 Å². The first-order valence-electron chi connectivity index (χ1n) is 4.50. The number of nitrogens with one attached hydrogen (secondary N) is 1. The molecule has 1 aliphatic rings. The molecule has 72 valence electrons. The van der Waals surface area contributed by atoms with E-state index in [1.807, 2.05) is 7.05 Å². The fraction of sp³-hybridized carbons (Fsp3) is 1.00. The van der Waals surface area contributed by atoms with E-state index in [0.717, 1.165) is 19.4 Å². The molecule has 1 N–H and O–H groups in total. The maximum Gasteiger partial charge on any atom is 0.0853 e. The van der Waals surface area contributed by atoms with Gasteiger partial charge in [0.2, 0.25) is 0 Å². The molecule has 1 saturated carbocycles. The Morgan fingerprint density at radius 3 is 2.33 bits per heavy atom. The largest absolute Gasteiger partial charge is 0.383 e. The van der Waals surface area contributed by atoms with E-state index in [4.69, 9.17) is 9.47 Å². The van der Waals surface area contributed by atoms with Crippen LogP contribution in [0.15, 0.2) is 0 Å². The standard InChI is InChI=1S/C9H19NO2/c1-10-8(7-11-2)9(12-3)5-4-6-9/h8,10H,4-7H2,1-3H3. The van der Waals surface area contributed by atoms with Crippen LogP contribution in [0.2, 0.25) is 0 Å². The lowest BCUT2D eigenvalue weighted by atomic mass is 9.74. The van der Waals surface area contributed by atoms with Crippen molar-refractivity contribution in [3.8, 4) is 0 Å². The Morgan fingerprint density at radius 2 is 2.08 bits per heavy atom. The molecule has 1 unspecified atom stereocenters. The van der Waals surface area contributed by atoms with E-state index in [0.29, 0.717) is 6.04 Å². The minimum atomic E-state index is 0.0464. The van der Waals surface area contributed by atoms with Gasteiger partial charge in [-0.3, -0.25) is 0 Å². The van der Waals surface area contributed by atoms with Crippen LogP contribution in [0.3, 0.4) is 0 Å². The van der Waals surface area contributed by atoms with Gasteiger partial charge < -0.3 is 14.8 Å². The van der Waals surface area contributed by atoms with Crippen LogP contribution < -0.4 is 5.32 Å². The van der Waals surface area contributed by atoms with E-state index < -0.39 is 0 Å². The molecule has 0 aliphatic heterocycles. The normalized spacial score (nSPS) is 23.2. The third kappa shape index (κ3) is 1.63. The highest BCUT2D eigenvalue weighted by molar-refractivity contribution is 4.99. The molecule has 0 saturated heterocycles. The summed E-state index contributed by atoms with van der Waals surface area (Å²) >= 11 is 0. The predicted molar refractivity (Wildman–Crippen MR) is 48.3 cm³/mol. The van der Waals surface area contributed by atoms with Crippen molar-refractivity contribution in [2.75, 3.05) is 27.9 Å². The fourth-order valence-corrected chi connectivity index (χ4v) is 1.89. The van der Waals surface area contributed by atoms with Gasteiger partial charge >= 0.3 is 0 Å². The Labute approximate surface area is 74.4 Å². The zero-order chi connectivity index (χ0) is 9.03. The highest BCUT2D eigenvalue weighted by atomic mass is 16.5. The second kappa shape index (κ2) is 4.21. The summed E-state index contributed by atoms with van der Waals surface area (Å²) in [6.07, 6.45) is 3.58. The molecule has 0 bridgehead atoms. The number of ether oxygens (including phenoxy) is 2. The van der Waals surface area contributed by atoms with Gasteiger partial charge in [-0.25, -0.2) is 0 Å². The van der Waals surface area contributed by atoms with Crippen molar-refractivity contribution < 1.29 is 9.47 Å². The zero-order valence-electron chi connectivity index (χ0n) is 8.22. The summed E-state index contributed by atoms with van der Waals surface area (Å²) in [7, 11) is 5.48. The lowest BCUT2D eigenvalue weighted by Crippen LogP contribution is -2.57. The molecule has 1 aliphatic carbocycles. The Hall–Kier alpha value is -0.120. The van der Waals surface area contributed by atoms with Crippen LogP contribution in [0, 0.1) is 0 Å². The Bertz CT molecular complexity index is 129. The Kier molecular flexibility index (Phi) is 3.50. The first kappa shape index (κ1) is 9.96. The van der Waals surface area contributed by atoms with Crippen molar-refractivity contribution in [1.29, 1.82) is 0 Å². The van der Waals surface area contributed by atoms with Crippen LogP contribution in [0.1, 0.15) is 19.3 Å². The summed E-state index contributed by atoms with van der Waals surface area (Å²) in [5.74, 6) is 0. The molecule has 12 heavy (non-hydrogen) atoms. The van der Waals surface area contributed by atoms with E-state index in [9.17, 15) is 0 Å². The number of likely N-dealkylation sites (N-methyl/N-ethyl adjacent to an activating group) is 1. The summed E-state index contributed by atoms with van der Waals surface area (Å²) in [5, 5.41) is 3.25. The van der Waals surface area contributed by atoms with Crippen molar-refractivity contribution in [3.05, 3.63) is 0 Å². The topological polar surface area (TPSA) is 30.5 Å². The van der Waals surface area contributed by atoms with Crippen molar-refractivity contribution in [1.82, 2.24) is 5.32 Å². The second-order valence-corrected chi connectivity index (χ2v) is 3.42. The molecule has 0 aromatic heterocycles. The molecule has 0 spiro atoms. The summed E-state index contributed by atoms with van der Waals surface area (Å²) in [6, 6.07) is 0.334. The van der Waals surface area contributed by atoms with E-state index in [1.165, 1.54) is 6.42 Å². The Morgan fingerprint density at radius 1 is 1.42 bits per heavy atom. The van der Waals surface area contributed by atoms with Crippen LogP contribution in [-0.4, -0.2) is 39.5 Å². The van der Waals surface area contributed by atoms with Crippen LogP contribution in [0.5, 0.6) is 0 Å². The van der Waals surface area contributed by atoms with Crippen LogP contribution in [-0.2, 0) is 9.47 Å². The van der Waals surface area contributed by atoms with Gasteiger partial charge in [-0.05, 0) is 26.3 Å². The van der Waals surface area contributed by atoms with Crippen LogP contribution in [0.25, 0.3) is 0 Å². The number of rotatable bonds is 5. The van der Waals surface area contributed by atoms with Gasteiger partial charge in [0.05, 0.1) is 18.2 Å². The summed E-state index contributed by atoms with van der Waals surface area (Å²) in [4.78, 5) is 0. The van der Waals surface area contributed by atoms with Gasteiger partial charge in [-0.15, -0.1) is 0 Å². The zero-order valence-corrected chi connectivity index (χ0v) is 8.22. The highest BCUT2D eigenvalue weighted by Gasteiger charge is 2.43. The average molecular weight is 173 g/mol. The first-order chi connectivity index (χ1) is 5.79. The van der Waals surface area contributed by atoms with Crippen molar-refractivity contribution in [3.63, 3.8) is 0 Å². The molecule has 1 fully saturated rings. The monoisotopic (exact) mass is 173 g/mol. The SMILES string of the molecule is CNC(COC)C1(OC)CCC1. The molecule has 0 aromatic rings. The van der Waals surface area contributed by atoms with E-state index in [-0.39, 0.29) is 5.60 Å². The number of hydrogen-bond acceptors (Lipinski definition) is 3. The van der Waals surface area contributed by atoms with E-state index in [1.54, 1.807) is 14.2 Å². The molecule has 0 amide bonds. The van der Waals surface area contributed by atoms with E-state index >= 15 is 0 Å². The van der Waals surface area contributed by atoms with Gasteiger partial charge in [0.25, 0.3) is 0 Å². The van der Waals surface area contributed by atoms with Gasteiger partial charge in [-0.1, -0.05) is 0 Å². The molecule has 1 atom stereocenters. The van der Waals surface area contributed by atoms with Crippen LogP contribution >= 0.6 is 0 Å². The molecule has 0 radical (unpaired) electrons. The highest BCUT2D eigenvalue weighted by Crippen LogP contribution is 2.37. The maximum absolute atomic E-state index is 5.54. The molecule has 0 aromatic carbocycles. The van der Waals surface area contributed by atoms with Gasteiger partial charge in [0, 0.05) is 14.2 Å². The third-order valence-electron chi connectivity index (χ3n) is 2.92. The fourth-order valence-electron chi connectivity index (χ4n) is 1.89. The summed E-state index contributed by atoms with van der Waals surface area (Å²) in [6.45, 7) is 0.727. The smallest absolute Gasteiger partial charge is 0.0853 e. The average Bonchev–Trinajstić information content (AvgIpc) is 2.02. The molecule has 3 heteroatoms. The number of hydrogen-bond donors (Lipinski definition) is 1. The first-order valence-corrected chi connectivity index (χ1v) is 4.50. The minimum absolute atomic E-state index is 0.0464. The maximum atomic E-state index is 5.54. The lowest BCUT2D eigenvalue weighted by molar-refractivity contribution is -0.109. The van der Waals surface area contributed by atoms with Crippen LogP contribution in [0.4, 0.5) is 0 Å². The lowest BCUT2D eigenvalue weighted by Gasteiger charge is -2.46. The van der Waals surface area contributed by atoms with Gasteiger partial charge in [0.15, 0.2) is 0 Å². The molecular formula is C9H19NO2.